The van der Waals surface area contributed by atoms with E-state index >= 15 is 0 Å². The van der Waals surface area contributed by atoms with E-state index < -0.39 is 0 Å². The molecule has 2 aromatic rings. The van der Waals surface area contributed by atoms with Crippen LogP contribution >= 0.6 is 0 Å². The predicted octanol–water partition coefficient (Wildman–Crippen LogP) is 3.87. The van der Waals surface area contributed by atoms with Crippen LogP contribution in [0.25, 0.3) is 11.1 Å². The lowest BCUT2D eigenvalue weighted by Gasteiger charge is -2.05. The second-order valence-corrected chi connectivity index (χ2v) is 3.91. The van der Waals surface area contributed by atoms with Crippen LogP contribution in [0.4, 0.5) is 4.39 Å². The molecule has 17 heavy (non-hydrogen) atoms. The van der Waals surface area contributed by atoms with Gasteiger partial charge in [0, 0.05) is 11.1 Å². The first-order valence-electron chi connectivity index (χ1n) is 5.58. The largest absolute Gasteiger partial charge is 0.298 e. The minimum absolute atomic E-state index is 0.306. The molecule has 0 aliphatic rings. The van der Waals surface area contributed by atoms with Gasteiger partial charge in [-0.25, -0.2) is 4.39 Å². The molecule has 0 atom stereocenters. The maximum absolute atomic E-state index is 13.7. The first kappa shape index (κ1) is 11.5. The summed E-state index contributed by atoms with van der Waals surface area (Å²) < 4.78 is 13.7. The molecular weight excluding hydrogens is 215 g/mol. The average molecular weight is 228 g/mol. The monoisotopic (exact) mass is 228 g/mol. The van der Waals surface area contributed by atoms with Crippen LogP contribution in [-0.2, 0) is 6.42 Å². The van der Waals surface area contributed by atoms with Crippen molar-refractivity contribution < 1.29 is 9.18 Å². The van der Waals surface area contributed by atoms with Crippen LogP contribution in [0.15, 0.2) is 42.5 Å². The van der Waals surface area contributed by atoms with Crippen LogP contribution in [0.2, 0.25) is 0 Å². The highest BCUT2D eigenvalue weighted by Gasteiger charge is 2.05. The van der Waals surface area contributed by atoms with E-state index in [0.717, 1.165) is 18.3 Å². The zero-order valence-corrected chi connectivity index (χ0v) is 9.61. The van der Waals surface area contributed by atoms with Crippen molar-refractivity contribution in [1.82, 2.24) is 0 Å². The Hall–Kier alpha value is -1.96. The predicted molar refractivity (Wildman–Crippen MR) is 66.6 cm³/mol. The normalized spacial score (nSPS) is 10.2. The Morgan fingerprint density at radius 1 is 1.12 bits per heavy atom. The Labute approximate surface area is 99.9 Å². The fraction of sp³-hybridized carbons (Fsp3) is 0.133. The van der Waals surface area contributed by atoms with Crippen molar-refractivity contribution in [3.05, 3.63) is 59.4 Å². The lowest BCUT2D eigenvalue weighted by molar-refractivity contribution is 0.112. The number of benzene rings is 2. The van der Waals surface area contributed by atoms with E-state index in [1.807, 2.05) is 24.3 Å². The SMILES string of the molecule is CCc1ccc(-c2cc(C=O)ccc2F)cc1. The summed E-state index contributed by atoms with van der Waals surface area (Å²) in [5, 5.41) is 0. The standard InChI is InChI=1S/C15H13FO/c1-2-11-3-6-13(7-4-11)14-9-12(10-17)5-8-15(14)16/h3-10H,2H2,1H3. The van der Waals surface area contributed by atoms with Crippen molar-refractivity contribution in [2.75, 3.05) is 0 Å². The fourth-order valence-corrected chi connectivity index (χ4v) is 1.76. The molecule has 0 aromatic heterocycles. The number of rotatable bonds is 3. The molecule has 1 nitrogen and oxygen atoms in total. The van der Waals surface area contributed by atoms with Crippen LogP contribution in [0.5, 0.6) is 0 Å². The third-order valence-corrected chi connectivity index (χ3v) is 2.80. The highest BCUT2D eigenvalue weighted by molar-refractivity contribution is 5.79. The van der Waals surface area contributed by atoms with E-state index in [1.165, 1.54) is 17.7 Å². The van der Waals surface area contributed by atoms with Gasteiger partial charge >= 0.3 is 0 Å². The molecular formula is C15H13FO. The van der Waals surface area contributed by atoms with Crippen molar-refractivity contribution >= 4 is 6.29 Å². The third kappa shape index (κ3) is 2.41. The number of halogens is 1. The number of hydrogen-bond acceptors (Lipinski definition) is 1. The van der Waals surface area contributed by atoms with Gasteiger partial charge in [0.25, 0.3) is 0 Å². The van der Waals surface area contributed by atoms with Gasteiger partial charge in [-0.3, -0.25) is 4.79 Å². The second-order valence-electron chi connectivity index (χ2n) is 3.91. The van der Waals surface area contributed by atoms with Gasteiger partial charge in [-0.2, -0.15) is 0 Å². The van der Waals surface area contributed by atoms with Crippen molar-refractivity contribution in [3.63, 3.8) is 0 Å². The van der Waals surface area contributed by atoms with E-state index in [4.69, 9.17) is 0 Å². The Bertz CT molecular complexity index is 529. The van der Waals surface area contributed by atoms with Crippen LogP contribution in [0.1, 0.15) is 22.8 Å². The summed E-state index contributed by atoms with van der Waals surface area (Å²) in [5.74, 6) is -0.306. The van der Waals surface area contributed by atoms with Gasteiger partial charge in [-0.1, -0.05) is 31.2 Å². The zero-order valence-electron chi connectivity index (χ0n) is 9.61. The Morgan fingerprint density at radius 3 is 2.41 bits per heavy atom. The maximum atomic E-state index is 13.7. The van der Waals surface area contributed by atoms with E-state index in [-0.39, 0.29) is 5.82 Å². The summed E-state index contributed by atoms with van der Waals surface area (Å²) in [5.41, 5.74) is 2.96. The van der Waals surface area contributed by atoms with Crippen molar-refractivity contribution in [1.29, 1.82) is 0 Å². The van der Waals surface area contributed by atoms with Gasteiger partial charge in [-0.05, 0) is 35.7 Å². The van der Waals surface area contributed by atoms with Gasteiger partial charge in [0.1, 0.15) is 12.1 Å². The van der Waals surface area contributed by atoms with Crippen molar-refractivity contribution in [2.24, 2.45) is 0 Å². The number of hydrogen-bond donors (Lipinski definition) is 0. The van der Waals surface area contributed by atoms with Crippen LogP contribution in [0, 0.1) is 5.82 Å². The molecule has 0 heterocycles. The van der Waals surface area contributed by atoms with E-state index in [0.29, 0.717) is 11.1 Å². The highest BCUT2D eigenvalue weighted by atomic mass is 19.1. The second kappa shape index (κ2) is 4.91. The van der Waals surface area contributed by atoms with Crippen LogP contribution in [-0.4, -0.2) is 6.29 Å². The summed E-state index contributed by atoms with van der Waals surface area (Å²) in [4.78, 5) is 10.7. The average Bonchev–Trinajstić information content (AvgIpc) is 2.39. The number of carbonyl (C=O) groups excluding carboxylic acids is 1. The van der Waals surface area contributed by atoms with E-state index in [1.54, 1.807) is 6.07 Å². The minimum Gasteiger partial charge on any atom is -0.298 e. The molecule has 0 saturated heterocycles. The van der Waals surface area contributed by atoms with E-state index in [2.05, 4.69) is 6.92 Å². The number of aryl methyl sites for hydroxylation is 1. The van der Waals surface area contributed by atoms with E-state index in [9.17, 15) is 9.18 Å². The molecule has 0 amide bonds. The Morgan fingerprint density at radius 2 is 1.82 bits per heavy atom. The molecule has 2 aromatic carbocycles. The summed E-state index contributed by atoms with van der Waals surface area (Å²) in [7, 11) is 0. The summed E-state index contributed by atoms with van der Waals surface area (Å²) in [6.07, 6.45) is 1.68. The third-order valence-electron chi connectivity index (χ3n) is 2.80. The van der Waals surface area contributed by atoms with Gasteiger partial charge in [0.2, 0.25) is 0 Å². The first-order valence-corrected chi connectivity index (χ1v) is 5.58. The molecule has 2 rings (SSSR count). The molecule has 0 radical (unpaired) electrons. The molecule has 0 bridgehead atoms. The lowest BCUT2D eigenvalue weighted by Crippen LogP contribution is -1.88. The highest BCUT2D eigenvalue weighted by Crippen LogP contribution is 2.24. The Balaban J connectivity index is 2.47. The first-order chi connectivity index (χ1) is 8.24. The van der Waals surface area contributed by atoms with Crippen LogP contribution < -0.4 is 0 Å². The lowest BCUT2D eigenvalue weighted by atomic mass is 10.0. The molecule has 0 aliphatic heterocycles. The van der Waals surface area contributed by atoms with Gasteiger partial charge < -0.3 is 0 Å². The molecule has 2 heteroatoms. The molecule has 0 fully saturated rings. The van der Waals surface area contributed by atoms with Crippen molar-refractivity contribution in [3.8, 4) is 11.1 Å². The maximum Gasteiger partial charge on any atom is 0.150 e. The molecule has 0 N–H and O–H groups in total. The molecule has 0 unspecified atom stereocenters. The fourth-order valence-electron chi connectivity index (χ4n) is 1.76. The molecule has 86 valence electrons. The van der Waals surface area contributed by atoms with Crippen LogP contribution in [0.3, 0.4) is 0 Å². The minimum atomic E-state index is -0.306. The number of aldehydes is 1. The number of carbonyl (C=O) groups is 1. The quantitative estimate of drug-likeness (QED) is 0.729. The molecule has 0 spiro atoms. The Kier molecular flexibility index (Phi) is 3.33. The van der Waals surface area contributed by atoms with Gasteiger partial charge in [0.15, 0.2) is 0 Å². The van der Waals surface area contributed by atoms with Gasteiger partial charge in [-0.15, -0.1) is 0 Å². The van der Waals surface area contributed by atoms with Crippen molar-refractivity contribution in [2.45, 2.75) is 13.3 Å². The molecule has 0 aliphatic carbocycles. The summed E-state index contributed by atoms with van der Waals surface area (Å²) >= 11 is 0. The summed E-state index contributed by atoms with van der Waals surface area (Å²) in [6.45, 7) is 2.07. The zero-order chi connectivity index (χ0) is 12.3. The van der Waals surface area contributed by atoms with Gasteiger partial charge in [0.05, 0.1) is 0 Å². The topological polar surface area (TPSA) is 17.1 Å². The molecule has 0 saturated carbocycles. The smallest absolute Gasteiger partial charge is 0.150 e. The summed E-state index contributed by atoms with van der Waals surface area (Å²) in [6, 6.07) is 12.1.